The van der Waals surface area contributed by atoms with Crippen LogP contribution in [0.25, 0.3) is 11.1 Å². The summed E-state index contributed by atoms with van der Waals surface area (Å²) in [6.45, 7) is 0.446. The standard InChI is InChI=1S/C18H14O4/c19-18(20)17-10-14(12-22-17)15-8-4-5-9-16(15)21-11-13-6-2-1-3-7-13/h1-10,12H,11H2,(H,19,20). The van der Waals surface area contributed by atoms with Gasteiger partial charge in [-0.25, -0.2) is 4.79 Å². The summed E-state index contributed by atoms with van der Waals surface area (Å²) in [7, 11) is 0. The first kappa shape index (κ1) is 13.9. The largest absolute Gasteiger partial charge is 0.488 e. The van der Waals surface area contributed by atoms with Crippen LogP contribution >= 0.6 is 0 Å². The van der Waals surface area contributed by atoms with E-state index >= 15 is 0 Å². The lowest BCUT2D eigenvalue weighted by Crippen LogP contribution is -1.96. The normalized spacial score (nSPS) is 10.4. The molecule has 0 saturated carbocycles. The van der Waals surface area contributed by atoms with Gasteiger partial charge in [-0.1, -0.05) is 48.5 Å². The SMILES string of the molecule is O=C(O)c1cc(-c2ccccc2OCc2ccccc2)co1. The quantitative estimate of drug-likeness (QED) is 0.765. The van der Waals surface area contributed by atoms with Crippen molar-refractivity contribution in [2.45, 2.75) is 6.61 Å². The lowest BCUT2D eigenvalue weighted by molar-refractivity contribution is 0.0662. The van der Waals surface area contributed by atoms with Gasteiger partial charge in [-0.05, 0) is 17.7 Å². The van der Waals surface area contributed by atoms with Gasteiger partial charge < -0.3 is 14.3 Å². The van der Waals surface area contributed by atoms with Crippen molar-refractivity contribution in [3.63, 3.8) is 0 Å². The fraction of sp³-hybridized carbons (Fsp3) is 0.0556. The number of rotatable bonds is 5. The summed E-state index contributed by atoms with van der Waals surface area (Å²) in [6.07, 6.45) is 1.42. The number of hydrogen-bond acceptors (Lipinski definition) is 3. The predicted octanol–water partition coefficient (Wildman–Crippen LogP) is 4.22. The van der Waals surface area contributed by atoms with E-state index in [0.29, 0.717) is 17.9 Å². The molecule has 1 N–H and O–H groups in total. The molecule has 0 saturated heterocycles. The molecule has 0 atom stereocenters. The molecule has 4 nitrogen and oxygen atoms in total. The molecule has 1 aromatic heterocycles. The average molecular weight is 294 g/mol. The van der Waals surface area contributed by atoms with Crippen molar-refractivity contribution >= 4 is 5.97 Å². The topological polar surface area (TPSA) is 59.7 Å². The molecular weight excluding hydrogens is 280 g/mol. The lowest BCUT2D eigenvalue weighted by Gasteiger charge is -2.10. The number of aromatic carboxylic acids is 1. The zero-order chi connectivity index (χ0) is 15.4. The predicted molar refractivity (Wildman–Crippen MR) is 81.9 cm³/mol. The Hall–Kier alpha value is -3.01. The van der Waals surface area contributed by atoms with E-state index in [1.165, 1.54) is 12.3 Å². The first-order valence-electron chi connectivity index (χ1n) is 6.82. The van der Waals surface area contributed by atoms with Crippen LogP contribution in [0.1, 0.15) is 16.1 Å². The summed E-state index contributed by atoms with van der Waals surface area (Å²) in [5, 5.41) is 8.94. The minimum Gasteiger partial charge on any atom is -0.488 e. The van der Waals surface area contributed by atoms with E-state index in [-0.39, 0.29) is 5.76 Å². The molecule has 0 amide bonds. The number of carboxylic acid groups (broad SMARTS) is 1. The maximum Gasteiger partial charge on any atom is 0.371 e. The molecule has 0 fully saturated rings. The monoisotopic (exact) mass is 294 g/mol. The Bertz CT molecular complexity index is 775. The molecule has 3 aromatic rings. The summed E-state index contributed by atoms with van der Waals surface area (Å²) in [4.78, 5) is 10.9. The molecule has 3 rings (SSSR count). The third-order valence-corrected chi connectivity index (χ3v) is 3.25. The van der Waals surface area contributed by atoms with Crippen LogP contribution in [0.4, 0.5) is 0 Å². The van der Waals surface area contributed by atoms with E-state index in [1.54, 1.807) is 0 Å². The highest BCUT2D eigenvalue weighted by Gasteiger charge is 2.13. The Kier molecular flexibility index (Phi) is 3.92. The van der Waals surface area contributed by atoms with Gasteiger partial charge in [0.15, 0.2) is 0 Å². The van der Waals surface area contributed by atoms with Gasteiger partial charge in [0.2, 0.25) is 5.76 Å². The lowest BCUT2D eigenvalue weighted by atomic mass is 10.1. The zero-order valence-corrected chi connectivity index (χ0v) is 11.7. The van der Waals surface area contributed by atoms with Crippen LogP contribution in [0.15, 0.2) is 71.3 Å². The van der Waals surface area contributed by atoms with Crippen molar-refractivity contribution in [1.82, 2.24) is 0 Å². The third-order valence-electron chi connectivity index (χ3n) is 3.25. The summed E-state index contributed by atoms with van der Waals surface area (Å²) in [5.41, 5.74) is 2.55. The first-order chi connectivity index (χ1) is 10.7. The van der Waals surface area contributed by atoms with Gasteiger partial charge in [0, 0.05) is 11.1 Å². The van der Waals surface area contributed by atoms with Crippen LogP contribution < -0.4 is 4.74 Å². The molecule has 4 heteroatoms. The Morgan fingerprint density at radius 3 is 2.50 bits per heavy atom. The van der Waals surface area contributed by atoms with E-state index in [0.717, 1.165) is 11.1 Å². The number of ether oxygens (including phenoxy) is 1. The van der Waals surface area contributed by atoms with Crippen molar-refractivity contribution in [2.24, 2.45) is 0 Å². The Morgan fingerprint density at radius 1 is 1.05 bits per heavy atom. The summed E-state index contributed by atoms with van der Waals surface area (Å²) in [6, 6.07) is 18.8. The average Bonchev–Trinajstić information content (AvgIpc) is 3.04. The van der Waals surface area contributed by atoms with Crippen LogP contribution in [-0.4, -0.2) is 11.1 Å². The van der Waals surface area contributed by atoms with E-state index in [2.05, 4.69) is 0 Å². The fourth-order valence-corrected chi connectivity index (χ4v) is 2.16. The summed E-state index contributed by atoms with van der Waals surface area (Å²) in [5.74, 6) is -0.495. The molecule has 0 unspecified atom stereocenters. The van der Waals surface area contributed by atoms with Crippen LogP contribution in [0.5, 0.6) is 5.75 Å². The number of carbonyl (C=O) groups is 1. The maximum atomic E-state index is 10.9. The molecule has 0 spiro atoms. The van der Waals surface area contributed by atoms with E-state index < -0.39 is 5.97 Å². The molecule has 0 aliphatic carbocycles. The smallest absolute Gasteiger partial charge is 0.371 e. The van der Waals surface area contributed by atoms with Crippen LogP contribution in [0, 0.1) is 0 Å². The van der Waals surface area contributed by atoms with Gasteiger partial charge in [-0.3, -0.25) is 0 Å². The second-order valence-electron chi connectivity index (χ2n) is 4.78. The molecule has 0 bridgehead atoms. The number of benzene rings is 2. The molecule has 2 aromatic carbocycles. The third kappa shape index (κ3) is 3.01. The molecule has 1 heterocycles. The van der Waals surface area contributed by atoms with Crippen molar-refractivity contribution in [2.75, 3.05) is 0 Å². The van der Waals surface area contributed by atoms with E-state index in [1.807, 2.05) is 54.6 Å². The minimum absolute atomic E-state index is 0.0899. The fourth-order valence-electron chi connectivity index (χ4n) is 2.16. The Balaban J connectivity index is 1.84. The zero-order valence-electron chi connectivity index (χ0n) is 11.7. The van der Waals surface area contributed by atoms with Gasteiger partial charge in [0.05, 0.1) is 6.26 Å². The molecule has 0 aliphatic rings. The van der Waals surface area contributed by atoms with Crippen molar-refractivity contribution < 1.29 is 19.1 Å². The van der Waals surface area contributed by atoms with Gasteiger partial charge in [0.1, 0.15) is 12.4 Å². The van der Waals surface area contributed by atoms with Gasteiger partial charge in [0.25, 0.3) is 0 Å². The number of furan rings is 1. The molecular formula is C18H14O4. The Labute approximate surface area is 127 Å². The first-order valence-corrected chi connectivity index (χ1v) is 6.82. The van der Waals surface area contributed by atoms with Crippen molar-refractivity contribution in [1.29, 1.82) is 0 Å². The van der Waals surface area contributed by atoms with Crippen molar-refractivity contribution in [3.05, 3.63) is 78.3 Å². The molecule has 110 valence electrons. The minimum atomic E-state index is -1.09. The van der Waals surface area contributed by atoms with Crippen LogP contribution in [0.3, 0.4) is 0 Å². The highest BCUT2D eigenvalue weighted by Crippen LogP contribution is 2.31. The second kappa shape index (κ2) is 6.18. The van der Waals surface area contributed by atoms with Gasteiger partial charge in [-0.2, -0.15) is 0 Å². The number of para-hydroxylation sites is 1. The maximum absolute atomic E-state index is 10.9. The van der Waals surface area contributed by atoms with Gasteiger partial charge >= 0.3 is 5.97 Å². The highest BCUT2D eigenvalue weighted by molar-refractivity contribution is 5.87. The summed E-state index contributed by atoms with van der Waals surface area (Å²) < 4.78 is 10.9. The van der Waals surface area contributed by atoms with Crippen molar-refractivity contribution in [3.8, 4) is 16.9 Å². The molecule has 0 aliphatic heterocycles. The Morgan fingerprint density at radius 2 is 1.77 bits per heavy atom. The highest BCUT2D eigenvalue weighted by atomic mass is 16.5. The van der Waals surface area contributed by atoms with Crippen LogP contribution in [-0.2, 0) is 6.61 Å². The van der Waals surface area contributed by atoms with Crippen LogP contribution in [0.2, 0.25) is 0 Å². The number of hydrogen-bond donors (Lipinski definition) is 1. The molecule has 22 heavy (non-hydrogen) atoms. The summed E-state index contributed by atoms with van der Waals surface area (Å²) >= 11 is 0. The van der Waals surface area contributed by atoms with Gasteiger partial charge in [-0.15, -0.1) is 0 Å². The number of carboxylic acids is 1. The second-order valence-corrected chi connectivity index (χ2v) is 4.78. The van der Waals surface area contributed by atoms with E-state index in [9.17, 15) is 4.79 Å². The van der Waals surface area contributed by atoms with E-state index in [4.69, 9.17) is 14.3 Å². The molecule has 0 radical (unpaired) electrons.